The highest BCUT2D eigenvalue weighted by molar-refractivity contribution is 6.42. The average Bonchev–Trinajstić information content (AvgIpc) is 2.90. The van der Waals surface area contributed by atoms with Crippen LogP contribution in [-0.4, -0.2) is 33.3 Å². The summed E-state index contributed by atoms with van der Waals surface area (Å²) in [5, 5.41) is 21.3. The first-order valence-corrected chi connectivity index (χ1v) is 7.04. The van der Waals surface area contributed by atoms with Crippen molar-refractivity contribution < 1.29 is 5.11 Å². The average molecular weight is 315 g/mol. The monoisotopic (exact) mass is 314 g/mol. The molecule has 0 aliphatic rings. The van der Waals surface area contributed by atoms with E-state index in [4.69, 9.17) is 28.3 Å². The molecule has 1 unspecified atom stereocenters. The summed E-state index contributed by atoms with van der Waals surface area (Å²) in [6.07, 6.45) is 1.83. The zero-order chi connectivity index (χ0) is 14.5. The maximum atomic E-state index is 8.94. The molecule has 0 aliphatic carbocycles. The SMILES string of the molecule is CC(CO)CNCc1cn(-c2ccc(Cl)c(Cl)c2)nn1. The van der Waals surface area contributed by atoms with Crippen LogP contribution in [-0.2, 0) is 6.54 Å². The van der Waals surface area contributed by atoms with Crippen LogP contribution in [0.1, 0.15) is 12.6 Å². The molecule has 2 rings (SSSR count). The van der Waals surface area contributed by atoms with Gasteiger partial charge >= 0.3 is 0 Å². The van der Waals surface area contributed by atoms with E-state index in [0.717, 1.165) is 17.9 Å². The van der Waals surface area contributed by atoms with Crippen LogP contribution in [0.4, 0.5) is 0 Å². The van der Waals surface area contributed by atoms with E-state index in [1.165, 1.54) is 0 Å². The molecule has 2 N–H and O–H groups in total. The molecule has 0 spiro atoms. The Labute approximate surface area is 127 Å². The number of hydrogen-bond acceptors (Lipinski definition) is 4. The van der Waals surface area contributed by atoms with Gasteiger partial charge in [0.25, 0.3) is 0 Å². The van der Waals surface area contributed by atoms with Crippen LogP contribution in [0, 0.1) is 5.92 Å². The Balaban J connectivity index is 1.99. The topological polar surface area (TPSA) is 63.0 Å². The Morgan fingerprint density at radius 2 is 2.15 bits per heavy atom. The lowest BCUT2D eigenvalue weighted by Crippen LogP contribution is -2.22. The number of nitrogens with one attached hydrogen (secondary N) is 1. The molecule has 0 aliphatic heterocycles. The van der Waals surface area contributed by atoms with Gasteiger partial charge in [0.2, 0.25) is 0 Å². The predicted octanol–water partition coefficient (Wildman–Crippen LogP) is 2.29. The lowest BCUT2D eigenvalue weighted by atomic mass is 10.2. The number of nitrogens with zero attached hydrogens (tertiary/aromatic N) is 3. The highest BCUT2D eigenvalue weighted by Gasteiger charge is 2.06. The van der Waals surface area contributed by atoms with Crippen molar-refractivity contribution in [1.29, 1.82) is 0 Å². The normalized spacial score (nSPS) is 12.6. The molecule has 0 bridgehead atoms. The van der Waals surface area contributed by atoms with Gasteiger partial charge in [0.05, 0.1) is 27.6 Å². The summed E-state index contributed by atoms with van der Waals surface area (Å²) in [7, 11) is 0. The second kappa shape index (κ2) is 7.04. The zero-order valence-corrected chi connectivity index (χ0v) is 12.6. The third-order valence-corrected chi connectivity index (χ3v) is 3.56. The van der Waals surface area contributed by atoms with Crippen LogP contribution < -0.4 is 5.32 Å². The van der Waals surface area contributed by atoms with Crippen molar-refractivity contribution in [1.82, 2.24) is 20.3 Å². The molecule has 0 amide bonds. The summed E-state index contributed by atoms with van der Waals surface area (Å²) < 4.78 is 1.65. The Bertz CT molecular complexity index is 573. The van der Waals surface area contributed by atoms with Crippen LogP contribution in [0.2, 0.25) is 10.0 Å². The van der Waals surface area contributed by atoms with E-state index in [1.54, 1.807) is 16.8 Å². The fourth-order valence-electron chi connectivity index (χ4n) is 1.64. The van der Waals surface area contributed by atoms with Crippen molar-refractivity contribution >= 4 is 23.2 Å². The van der Waals surface area contributed by atoms with Crippen molar-refractivity contribution in [3.63, 3.8) is 0 Å². The lowest BCUT2D eigenvalue weighted by molar-refractivity contribution is 0.233. The highest BCUT2D eigenvalue weighted by Crippen LogP contribution is 2.24. The van der Waals surface area contributed by atoms with Crippen molar-refractivity contribution in [2.75, 3.05) is 13.2 Å². The van der Waals surface area contributed by atoms with Crippen LogP contribution in [0.15, 0.2) is 24.4 Å². The van der Waals surface area contributed by atoms with E-state index in [9.17, 15) is 0 Å². The molecule has 0 saturated carbocycles. The molecule has 0 radical (unpaired) electrons. The third kappa shape index (κ3) is 3.93. The van der Waals surface area contributed by atoms with E-state index in [0.29, 0.717) is 16.6 Å². The number of aromatic nitrogens is 3. The van der Waals surface area contributed by atoms with Crippen molar-refractivity contribution in [3.8, 4) is 5.69 Å². The molecule has 0 saturated heterocycles. The largest absolute Gasteiger partial charge is 0.396 e. The minimum Gasteiger partial charge on any atom is -0.396 e. The fourth-order valence-corrected chi connectivity index (χ4v) is 1.94. The zero-order valence-electron chi connectivity index (χ0n) is 11.1. The minimum absolute atomic E-state index is 0.170. The van der Waals surface area contributed by atoms with Crippen molar-refractivity contribution in [2.24, 2.45) is 5.92 Å². The van der Waals surface area contributed by atoms with Gasteiger partial charge in [-0.3, -0.25) is 0 Å². The molecule has 1 heterocycles. The minimum atomic E-state index is 0.170. The molecule has 20 heavy (non-hydrogen) atoms. The maximum absolute atomic E-state index is 8.94. The molecule has 0 fully saturated rings. The standard InChI is InChI=1S/C13H16Cl2N4O/c1-9(8-20)5-16-6-10-7-19(18-17-10)11-2-3-12(14)13(15)4-11/h2-4,7,9,16,20H,5-6,8H2,1H3. The van der Waals surface area contributed by atoms with Gasteiger partial charge in [0, 0.05) is 19.7 Å². The maximum Gasteiger partial charge on any atom is 0.0969 e. The van der Waals surface area contributed by atoms with Crippen LogP contribution >= 0.6 is 23.2 Å². The molecule has 108 valence electrons. The van der Waals surface area contributed by atoms with Gasteiger partial charge in [-0.25, -0.2) is 4.68 Å². The molecule has 1 aromatic carbocycles. The second-order valence-corrected chi connectivity index (χ2v) is 5.49. The molecule has 7 heteroatoms. The lowest BCUT2D eigenvalue weighted by Gasteiger charge is -2.07. The Morgan fingerprint density at radius 3 is 2.85 bits per heavy atom. The molecular weight excluding hydrogens is 299 g/mol. The predicted molar refractivity (Wildman–Crippen MR) is 79.3 cm³/mol. The highest BCUT2D eigenvalue weighted by atomic mass is 35.5. The van der Waals surface area contributed by atoms with Gasteiger partial charge in [-0.1, -0.05) is 35.3 Å². The van der Waals surface area contributed by atoms with E-state index >= 15 is 0 Å². The summed E-state index contributed by atoms with van der Waals surface area (Å²) in [5.41, 5.74) is 1.63. The van der Waals surface area contributed by atoms with Gasteiger partial charge in [-0.2, -0.15) is 0 Å². The van der Waals surface area contributed by atoms with Crippen LogP contribution in [0.5, 0.6) is 0 Å². The summed E-state index contributed by atoms with van der Waals surface area (Å²) >= 11 is 11.9. The number of halogens is 2. The molecule has 5 nitrogen and oxygen atoms in total. The number of hydrogen-bond donors (Lipinski definition) is 2. The van der Waals surface area contributed by atoms with Crippen molar-refractivity contribution in [2.45, 2.75) is 13.5 Å². The van der Waals surface area contributed by atoms with Crippen LogP contribution in [0.25, 0.3) is 5.69 Å². The fraction of sp³-hybridized carbons (Fsp3) is 0.385. The number of rotatable bonds is 6. The van der Waals surface area contributed by atoms with Gasteiger partial charge < -0.3 is 10.4 Å². The first kappa shape index (κ1) is 15.3. The number of benzene rings is 1. The van der Waals surface area contributed by atoms with Crippen LogP contribution in [0.3, 0.4) is 0 Å². The first-order chi connectivity index (χ1) is 9.60. The quantitative estimate of drug-likeness (QED) is 0.858. The van der Waals surface area contributed by atoms with Gasteiger partial charge in [0.1, 0.15) is 0 Å². The molecular formula is C13H16Cl2N4O. The summed E-state index contributed by atoms with van der Waals surface area (Å²) in [4.78, 5) is 0. The van der Waals surface area contributed by atoms with E-state index < -0.39 is 0 Å². The Morgan fingerprint density at radius 1 is 1.35 bits per heavy atom. The molecule has 1 aromatic heterocycles. The summed E-state index contributed by atoms with van der Waals surface area (Å²) in [6.45, 7) is 3.48. The second-order valence-electron chi connectivity index (χ2n) is 4.67. The van der Waals surface area contributed by atoms with Gasteiger partial charge in [-0.15, -0.1) is 5.10 Å². The number of aliphatic hydroxyl groups is 1. The van der Waals surface area contributed by atoms with E-state index in [-0.39, 0.29) is 12.5 Å². The Hall–Kier alpha value is -1.14. The summed E-state index contributed by atoms with van der Waals surface area (Å²) in [5.74, 6) is 0.222. The third-order valence-electron chi connectivity index (χ3n) is 2.82. The van der Waals surface area contributed by atoms with E-state index in [1.807, 2.05) is 19.2 Å². The van der Waals surface area contributed by atoms with Crippen molar-refractivity contribution in [3.05, 3.63) is 40.1 Å². The van der Waals surface area contributed by atoms with Gasteiger partial charge in [0.15, 0.2) is 0 Å². The molecule has 1 atom stereocenters. The van der Waals surface area contributed by atoms with Gasteiger partial charge in [-0.05, 0) is 24.1 Å². The Kier molecular flexibility index (Phi) is 5.37. The number of aliphatic hydroxyl groups excluding tert-OH is 1. The smallest absolute Gasteiger partial charge is 0.0969 e. The summed E-state index contributed by atoms with van der Waals surface area (Å²) in [6, 6.07) is 5.29. The molecule has 2 aromatic rings. The van der Waals surface area contributed by atoms with E-state index in [2.05, 4.69) is 15.6 Å². The first-order valence-electron chi connectivity index (χ1n) is 6.28.